The molecule has 0 aliphatic rings. The summed E-state index contributed by atoms with van der Waals surface area (Å²) < 4.78 is 0. The van der Waals surface area contributed by atoms with E-state index in [0.717, 1.165) is 37.1 Å². The first-order valence-electron chi connectivity index (χ1n) is 13.7. The van der Waals surface area contributed by atoms with Crippen molar-refractivity contribution in [3.63, 3.8) is 0 Å². The summed E-state index contributed by atoms with van der Waals surface area (Å²) in [4.78, 5) is 24.0. The Morgan fingerprint density at radius 3 is 1.82 bits per heavy atom. The van der Waals surface area contributed by atoms with Gasteiger partial charge in [-0.1, -0.05) is 88.1 Å². The summed E-state index contributed by atoms with van der Waals surface area (Å²) in [5.41, 5.74) is 1.91. The number of unbranched alkanes of at least 4 members (excludes halogenated alkanes) is 11. The summed E-state index contributed by atoms with van der Waals surface area (Å²) in [6.45, 7) is 9.79. The number of rotatable bonds is 18. The van der Waals surface area contributed by atoms with Crippen molar-refractivity contribution in [2.75, 3.05) is 13.1 Å². The van der Waals surface area contributed by atoms with Crippen molar-refractivity contribution >= 4 is 11.9 Å². The number of aliphatic carboxylic acids is 1. The number of nitrogens with zero attached hydrogens (tertiary/aromatic N) is 1. The van der Waals surface area contributed by atoms with Crippen LogP contribution in [0.2, 0.25) is 0 Å². The van der Waals surface area contributed by atoms with E-state index in [1.54, 1.807) is 0 Å². The first-order valence-corrected chi connectivity index (χ1v) is 13.7. The number of hydrogen-bond acceptors (Lipinski definition) is 2. The molecule has 34 heavy (non-hydrogen) atoms. The third-order valence-electron chi connectivity index (χ3n) is 5.97. The number of carboxylic acids is 1. The van der Waals surface area contributed by atoms with Crippen LogP contribution in [0.4, 0.5) is 0 Å². The van der Waals surface area contributed by atoms with Crippen LogP contribution in [0.3, 0.4) is 0 Å². The predicted octanol–water partition coefficient (Wildman–Crippen LogP) is 8.59. The summed E-state index contributed by atoms with van der Waals surface area (Å²) in [5, 5.41) is 8.51. The SMILES string of the molecule is CCCCCCCC/C=C\CCCCCCCC(=O)O.CCN(CC)C(=O)c1cccc(C)c1. The minimum atomic E-state index is -0.664. The summed E-state index contributed by atoms with van der Waals surface area (Å²) in [5.74, 6) is -0.540. The maximum absolute atomic E-state index is 11.9. The van der Waals surface area contributed by atoms with Crippen LogP contribution in [-0.2, 0) is 4.79 Å². The molecule has 0 aromatic heterocycles. The molecular formula is C30H51NO3. The van der Waals surface area contributed by atoms with Gasteiger partial charge in [0.2, 0.25) is 0 Å². The molecule has 4 nitrogen and oxygen atoms in total. The smallest absolute Gasteiger partial charge is 0.303 e. The molecule has 0 saturated heterocycles. The number of carbonyl (C=O) groups excluding carboxylic acids is 1. The Bertz CT molecular complexity index is 665. The van der Waals surface area contributed by atoms with Crippen LogP contribution in [-0.4, -0.2) is 35.0 Å². The number of carboxylic acid groups (broad SMARTS) is 1. The van der Waals surface area contributed by atoms with Gasteiger partial charge in [-0.3, -0.25) is 9.59 Å². The molecule has 1 N–H and O–H groups in total. The van der Waals surface area contributed by atoms with Crippen molar-refractivity contribution in [3.05, 3.63) is 47.5 Å². The molecule has 0 atom stereocenters. The van der Waals surface area contributed by atoms with E-state index < -0.39 is 5.97 Å². The van der Waals surface area contributed by atoms with Crippen LogP contribution in [0.25, 0.3) is 0 Å². The first-order chi connectivity index (χ1) is 16.5. The van der Waals surface area contributed by atoms with Gasteiger partial charge in [-0.15, -0.1) is 0 Å². The van der Waals surface area contributed by atoms with Gasteiger partial charge < -0.3 is 10.0 Å². The Hall–Kier alpha value is -2.10. The summed E-state index contributed by atoms with van der Waals surface area (Å²) in [6.07, 6.45) is 21.2. The van der Waals surface area contributed by atoms with Gasteiger partial charge in [0.05, 0.1) is 0 Å². The van der Waals surface area contributed by atoms with Gasteiger partial charge in [-0.25, -0.2) is 0 Å². The molecule has 0 radical (unpaired) electrons. The van der Waals surface area contributed by atoms with Gasteiger partial charge in [0.15, 0.2) is 0 Å². The highest BCUT2D eigenvalue weighted by Crippen LogP contribution is 2.10. The quantitative estimate of drug-likeness (QED) is 0.171. The van der Waals surface area contributed by atoms with Crippen LogP contribution in [0.5, 0.6) is 0 Å². The molecular weight excluding hydrogens is 422 g/mol. The minimum absolute atomic E-state index is 0.124. The molecule has 0 aliphatic heterocycles. The average Bonchev–Trinajstić information content (AvgIpc) is 2.82. The van der Waals surface area contributed by atoms with Crippen LogP contribution in [0.15, 0.2) is 36.4 Å². The molecule has 194 valence electrons. The third-order valence-corrected chi connectivity index (χ3v) is 5.97. The molecule has 4 heteroatoms. The second-order valence-electron chi connectivity index (χ2n) is 9.07. The molecule has 1 rings (SSSR count). The van der Waals surface area contributed by atoms with Crippen molar-refractivity contribution in [1.82, 2.24) is 4.90 Å². The fraction of sp³-hybridized carbons (Fsp3) is 0.667. The van der Waals surface area contributed by atoms with Crippen LogP contribution in [0.1, 0.15) is 127 Å². The zero-order valence-electron chi connectivity index (χ0n) is 22.5. The molecule has 1 aromatic rings. The molecule has 0 fully saturated rings. The number of aryl methyl sites for hydroxylation is 1. The lowest BCUT2D eigenvalue weighted by atomic mass is 10.1. The third kappa shape index (κ3) is 18.3. The molecule has 0 unspecified atom stereocenters. The van der Waals surface area contributed by atoms with Crippen LogP contribution < -0.4 is 0 Å². The molecule has 0 spiro atoms. The molecule has 1 aromatic carbocycles. The minimum Gasteiger partial charge on any atom is -0.481 e. The fourth-order valence-electron chi connectivity index (χ4n) is 3.82. The van der Waals surface area contributed by atoms with Gasteiger partial charge in [-0.05, 0) is 65.0 Å². The first kappa shape index (κ1) is 31.9. The van der Waals surface area contributed by atoms with Crippen molar-refractivity contribution < 1.29 is 14.7 Å². The van der Waals surface area contributed by atoms with E-state index in [0.29, 0.717) is 6.42 Å². The van der Waals surface area contributed by atoms with Crippen molar-refractivity contribution in [1.29, 1.82) is 0 Å². The van der Waals surface area contributed by atoms with E-state index in [4.69, 9.17) is 5.11 Å². The number of amides is 1. The van der Waals surface area contributed by atoms with Crippen LogP contribution in [0, 0.1) is 6.92 Å². The zero-order chi connectivity index (χ0) is 25.4. The van der Waals surface area contributed by atoms with E-state index in [1.807, 2.05) is 49.9 Å². The summed E-state index contributed by atoms with van der Waals surface area (Å²) in [6, 6.07) is 7.72. The maximum Gasteiger partial charge on any atom is 0.303 e. The summed E-state index contributed by atoms with van der Waals surface area (Å²) in [7, 11) is 0. The highest BCUT2D eigenvalue weighted by molar-refractivity contribution is 5.94. The normalized spacial score (nSPS) is 10.7. The number of benzene rings is 1. The molecule has 0 bridgehead atoms. The zero-order valence-corrected chi connectivity index (χ0v) is 22.5. The Balaban J connectivity index is 0.000000679. The Kier molecular flexibility index (Phi) is 21.3. The van der Waals surface area contributed by atoms with Crippen molar-refractivity contribution in [2.24, 2.45) is 0 Å². The van der Waals surface area contributed by atoms with Gasteiger partial charge in [0.25, 0.3) is 5.91 Å². The number of allylic oxidation sites excluding steroid dienone is 2. The van der Waals surface area contributed by atoms with E-state index in [-0.39, 0.29) is 5.91 Å². The predicted molar refractivity (Wildman–Crippen MR) is 146 cm³/mol. The Labute approximate surface area is 209 Å². The second kappa shape index (κ2) is 22.7. The molecule has 0 aliphatic carbocycles. The van der Waals surface area contributed by atoms with E-state index in [9.17, 15) is 9.59 Å². The molecule has 0 heterocycles. The standard InChI is InChI=1S/C18H34O2.C12H17NO/c1-2-3-4-5-6-7-8-9-10-11-12-13-14-15-16-17-18(19)20;1-4-13(5-2)12(14)11-8-6-7-10(3)9-11/h9-10H,2-8,11-17H2,1H3,(H,19,20);6-9H,4-5H2,1-3H3/b10-9-;. The van der Waals surface area contributed by atoms with Gasteiger partial charge >= 0.3 is 5.97 Å². The van der Waals surface area contributed by atoms with Crippen LogP contribution >= 0.6 is 0 Å². The Morgan fingerprint density at radius 1 is 0.794 bits per heavy atom. The van der Waals surface area contributed by atoms with Gasteiger partial charge in [-0.2, -0.15) is 0 Å². The average molecular weight is 474 g/mol. The monoisotopic (exact) mass is 473 g/mol. The molecule has 1 amide bonds. The van der Waals surface area contributed by atoms with E-state index in [1.165, 1.54) is 70.6 Å². The number of hydrogen-bond donors (Lipinski definition) is 1. The Morgan fingerprint density at radius 2 is 1.32 bits per heavy atom. The van der Waals surface area contributed by atoms with E-state index >= 15 is 0 Å². The maximum atomic E-state index is 11.9. The largest absolute Gasteiger partial charge is 0.481 e. The van der Waals surface area contributed by atoms with E-state index in [2.05, 4.69) is 19.1 Å². The van der Waals surface area contributed by atoms with Gasteiger partial charge in [0.1, 0.15) is 0 Å². The lowest BCUT2D eigenvalue weighted by molar-refractivity contribution is -0.137. The highest BCUT2D eigenvalue weighted by atomic mass is 16.4. The topological polar surface area (TPSA) is 57.6 Å². The lowest BCUT2D eigenvalue weighted by Gasteiger charge is -2.18. The van der Waals surface area contributed by atoms with Crippen molar-refractivity contribution in [3.8, 4) is 0 Å². The summed E-state index contributed by atoms with van der Waals surface area (Å²) >= 11 is 0. The number of carbonyl (C=O) groups is 2. The van der Waals surface area contributed by atoms with Gasteiger partial charge in [0, 0.05) is 25.1 Å². The molecule has 0 saturated carbocycles. The highest BCUT2D eigenvalue weighted by Gasteiger charge is 2.11. The second-order valence-corrected chi connectivity index (χ2v) is 9.07. The fourth-order valence-corrected chi connectivity index (χ4v) is 3.82. The lowest BCUT2D eigenvalue weighted by Crippen LogP contribution is -2.30. The van der Waals surface area contributed by atoms with Crippen molar-refractivity contribution in [2.45, 2.75) is 118 Å².